The van der Waals surface area contributed by atoms with Crippen molar-refractivity contribution < 1.29 is 13.6 Å². The van der Waals surface area contributed by atoms with E-state index in [-0.39, 0.29) is 5.69 Å². The fourth-order valence-electron chi connectivity index (χ4n) is 1.46. The summed E-state index contributed by atoms with van der Waals surface area (Å²) in [7, 11) is 0. The molecule has 0 bridgehead atoms. The van der Waals surface area contributed by atoms with Gasteiger partial charge < -0.3 is 5.32 Å². The van der Waals surface area contributed by atoms with Crippen LogP contribution in [0.1, 0.15) is 10.4 Å². The Bertz CT molecular complexity index is 647. The van der Waals surface area contributed by atoms with Crippen LogP contribution in [-0.4, -0.2) is 5.91 Å². The van der Waals surface area contributed by atoms with Crippen molar-refractivity contribution in [2.24, 2.45) is 0 Å². The Balaban J connectivity index is 2.28. The number of hydrogen-bond donors (Lipinski definition) is 1. The van der Waals surface area contributed by atoms with E-state index in [1.165, 1.54) is 0 Å². The molecule has 1 N–H and O–H groups in total. The minimum Gasteiger partial charge on any atom is -0.319 e. The number of nitrogens with one attached hydrogen (secondary N) is 1. The van der Waals surface area contributed by atoms with Gasteiger partial charge in [0.15, 0.2) is 0 Å². The smallest absolute Gasteiger partial charge is 0.256 e. The number of anilines is 1. The molecule has 19 heavy (non-hydrogen) atoms. The van der Waals surface area contributed by atoms with E-state index < -0.39 is 17.5 Å². The zero-order valence-electron chi connectivity index (χ0n) is 9.38. The third-order valence-corrected chi connectivity index (χ3v) is 3.50. The van der Waals surface area contributed by atoms with E-state index in [2.05, 4.69) is 37.2 Å². The van der Waals surface area contributed by atoms with E-state index in [0.29, 0.717) is 10.0 Å². The van der Waals surface area contributed by atoms with E-state index in [0.717, 1.165) is 22.7 Å². The normalized spacial score (nSPS) is 10.3. The van der Waals surface area contributed by atoms with Gasteiger partial charge in [-0.05, 0) is 46.3 Å². The monoisotopic (exact) mass is 389 g/mol. The molecule has 6 heteroatoms. The quantitative estimate of drug-likeness (QED) is 0.788. The third-order valence-electron chi connectivity index (χ3n) is 2.35. The standard InChI is InChI=1S/C13H7Br2F2NO/c14-7-1-3-9(10(15)5-7)13(19)18-12-6-8(16)2-4-11(12)17/h1-6H,(H,18,19). The summed E-state index contributed by atoms with van der Waals surface area (Å²) >= 11 is 6.50. The van der Waals surface area contributed by atoms with Crippen LogP contribution in [0.4, 0.5) is 14.5 Å². The Labute approximate surface area is 125 Å². The molecule has 1 amide bonds. The van der Waals surface area contributed by atoms with E-state index in [1.54, 1.807) is 18.2 Å². The van der Waals surface area contributed by atoms with Gasteiger partial charge in [-0.25, -0.2) is 8.78 Å². The fourth-order valence-corrected chi connectivity index (χ4v) is 2.68. The van der Waals surface area contributed by atoms with E-state index in [1.807, 2.05) is 0 Å². The van der Waals surface area contributed by atoms with Gasteiger partial charge in [-0.3, -0.25) is 4.79 Å². The molecule has 0 saturated heterocycles. The number of benzene rings is 2. The van der Waals surface area contributed by atoms with Crippen LogP contribution in [0, 0.1) is 11.6 Å². The van der Waals surface area contributed by atoms with Gasteiger partial charge in [-0.15, -0.1) is 0 Å². The lowest BCUT2D eigenvalue weighted by molar-refractivity contribution is 0.102. The van der Waals surface area contributed by atoms with Crippen LogP contribution < -0.4 is 5.32 Å². The molecule has 0 fully saturated rings. The summed E-state index contributed by atoms with van der Waals surface area (Å²) in [5.74, 6) is -1.83. The number of carbonyl (C=O) groups excluding carboxylic acids is 1. The third kappa shape index (κ3) is 3.39. The Kier molecular flexibility index (Phi) is 4.31. The first-order valence-corrected chi connectivity index (χ1v) is 6.77. The molecule has 2 aromatic rings. The second-order valence-electron chi connectivity index (χ2n) is 3.70. The molecule has 0 saturated carbocycles. The van der Waals surface area contributed by atoms with Crippen molar-refractivity contribution >= 4 is 43.5 Å². The highest BCUT2D eigenvalue weighted by Gasteiger charge is 2.13. The Hall–Kier alpha value is -1.27. The summed E-state index contributed by atoms with van der Waals surface area (Å²) in [5.41, 5.74) is 0.131. The van der Waals surface area contributed by atoms with Crippen molar-refractivity contribution in [2.45, 2.75) is 0 Å². The van der Waals surface area contributed by atoms with Crippen LogP contribution in [0.3, 0.4) is 0 Å². The molecule has 0 heterocycles. The molecule has 98 valence electrons. The van der Waals surface area contributed by atoms with Gasteiger partial charge in [0.05, 0.1) is 11.3 Å². The van der Waals surface area contributed by atoms with Crippen LogP contribution in [0.15, 0.2) is 45.3 Å². The molecule has 0 aliphatic rings. The number of rotatable bonds is 2. The van der Waals surface area contributed by atoms with Crippen LogP contribution in [0.2, 0.25) is 0 Å². The van der Waals surface area contributed by atoms with E-state index in [4.69, 9.17) is 0 Å². The molecular formula is C13H7Br2F2NO. The van der Waals surface area contributed by atoms with Crippen LogP contribution in [0.25, 0.3) is 0 Å². The zero-order valence-corrected chi connectivity index (χ0v) is 12.6. The number of carbonyl (C=O) groups is 1. The van der Waals surface area contributed by atoms with Crippen LogP contribution in [0.5, 0.6) is 0 Å². The summed E-state index contributed by atoms with van der Waals surface area (Å²) < 4.78 is 27.8. The average molecular weight is 391 g/mol. The highest BCUT2D eigenvalue weighted by Crippen LogP contribution is 2.23. The van der Waals surface area contributed by atoms with Crippen molar-refractivity contribution in [1.82, 2.24) is 0 Å². The van der Waals surface area contributed by atoms with Gasteiger partial charge in [0.2, 0.25) is 0 Å². The SMILES string of the molecule is O=C(Nc1cc(F)ccc1F)c1ccc(Br)cc1Br. The molecule has 2 rings (SSSR count). The van der Waals surface area contributed by atoms with Crippen LogP contribution >= 0.6 is 31.9 Å². The first-order chi connectivity index (χ1) is 8.97. The summed E-state index contributed by atoms with van der Waals surface area (Å²) in [6.07, 6.45) is 0. The first kappa shape index (κ1) is 14.1. The molecule has 2 nitrogen and oxygen atoms in total. The average Bonchev–Trinajstić information content (AvgIpc) is 2.33. The minimum absolute atomic E-state index is 0.195. The van der Waals surface area contributed by atoms with Crippen molar-refractivity contribution in [3.05, 3.63) is 62.5 Å². The summed E-state index contributed by atoms with van der Waals surface area (Å²) in [4.78, 5) is 12.0. The Morgan fingerprint density at radius 1 is 1.05 bits per heavy atom. The van der Waals surface area contributed by atoms with Crippen molar-refractivity contribution in [2.75, 3.05) is 5.32 Å². The first-order valence-electron chi connectivity index (χ1n) is 5.19. The predicted molar refractivity (Wildman–Crippen MR) is 76.2 cm³/mol. The van der Waals surface area contributed by atoms with Gasteiger partial charge in [-0.1, -0.05) is 15.9 Å². The topological polar surface area (TPSA) is 29.1 Å². The van der Waals surface area contributed by atoms with Gasteiger partial charge in [0, 0.05) is 15.0 Å². The predicted octanol–water partition coefficient (Wildman–Crippen LogP) is 4.74. The van der Waals surface area contributed by atoms with Gasteiger partial charge in [0.25, 0.3) is 5.91 Å². The molecule has 0 unspecified atom stereocenters. The maximum absolute atomic E-state index is 13.4. The van der Waals surface area contributed by atoms with Gasteiger partial charge in [0.1, 0.15) is 11.6 Å². The number of amides is 1. The Morgan fingerprint density at radius 3 is 2.47 bits per heavy atom. The lowest BCUT2D eigenvalue weighted by atomic mass is 10.2. The van der Waals surface area contributed by atoms with Gasteiger partial charge in [-0.2, -0.15) is 0 Å². The highest BCUT2D eigenvalue weighted by molar-refractivity contribution is 9.11. The lowest BCUT2D eigenvalue weighted by Gasteiger charge is -2.08. The largest absolute Gasteiger partial charge is 0.319 e. The highest BCUT2D eigenvalue weighted by atomic mass is 79.9. The Morgan fingerprint density at radius 2 is 1.79 bits per heavy atom. The molecule has 0 aliphatic carbocycles. The fraction of sp³-hybridized carbons (Fsp3) is 0. The van der Waals surface area contributed by atoms with Crippen molar-refractivity contribution in [1.29, 1.82) is 0 Å². The second-order valence-corrected chi connectivity index (χ2v) is 5.47. The molecular weight excluding hydrogens is 384 g/mol. The molecule has 0 atom stereocenters. The number of hydrogen-bond acceptors (Lipinski definition) is 1. The zero-order chi connectivity index (χ0) is 14.0. The minimum atomic E-state index is -0.692. The molecule has 0 aliphatic heterocycles. The maximum Gasteiger partial charge on any atom is 0.256 e. The number of halogens is 4. The molecule has 0 spiro atoms. The second kappa shape index (κ2) is 5.79. The lowest BCUT2D eigenvalue weighted by Crippen LogP contribution is -2.13. The summed E-state index contributed by atoms with van der Waals surface area (Å²) in [6.45, 7) is 0. The van der Waals surface area contributed by atoms with Crippen molar-refractivity contribution in [3.8, 4) is 0 Å². The van der Waals surface area contributed by atoms with E-state index >= 15 is 0 Å². The van der Waals surface area contributed by atoms with Crippen LogP contribution in [-0.2, 0) is 0 Å². The molecule has 0 aromatic heterocycles. The van der Waals surface area contributed by atoms with Gasteiger partial charge >= 0.3 is 0 Å². The van der Waals surface area contributed by atoms with Crippen molar-refractivity contribution in [3.63, 3.8) is 0 Å². The summed E-state index contributed by atoms with van der Waals surface area (Å²) in [6, 6.07) is 7.82. The van der Waals surface area contributed by atoms with E-state index in [9.17, 15) is 13.6 Å². The summed E-state index contributed by atoms with van der Waals surface area (Å²) in [5, 5.41) is 2.33. The molecule has 2 aromatic carbocycles. The molecule has 0 radical (unpaired) electrons. The maximum atomic E-state index is 13.4.